The van der Waals surface area contributed by atoms with Crippen LogP contribution >= 0.6 is 22.7 Å². The number of rotatable bonds is 7. The zero-order chi connectivity index (χ0) is 23.1. The summed E-state index contributed by atoms with van der Waals surface area (Å²) in [5.41, 5.74) is 10.3. The highest BCUT2D eigenvalue weighted by Gasteiger charge is 2.21. The summed E-state index contributed by atoms with van der Waals surface area (Å²) in [6.07, 6.45) is 9.34. The van der Waals surface area contributed by atoms with Crippen LogP contribution in [0.3, 0.4) is 0 Å². The molecular formula is C28H26N4S2. The molecule has 6 heteroatoms. The van der Waals surface area contributed by atoms with Gasteiger partial charge in [-0.1, -0.05) is 67.6 Å². The van der Waals surface area contributed by atoms with Gasteiger partial charge in [0.1, 0.15) is 10.0 Å². The molecule has 2 aromatic carbocycles. The molecule has 0 atom stereocenters. The Morgan fingerprint density at radius 1 is 1.00 bits per heavy atom. The number of aryl methyl sites for hydroxylation is 4. The van der Waals surface area contributed by atoms with Gasteiger partial charge in [0.05, 0.1) is 17.6 Å². The molecule has 3 heterocycles. The Kier molecular flexibility index (Phi) is 5.63. The van der Waals surface area contributed by atoms with Gasteiger partial charge in [0.2, 0.25) is 4.96 Å². The van der Waals surface area contributed by atoms with Crippen molar-refractivity contribution in [2.75, 3.05) is 0 Å². The molecule has 34 heavy (non-hydrogen) atoms. The highest BCUT2D eigenvalue weighted by Crippen LogP contribution is 2.35. The van der Waals surface area contributed by atoms with Crippen molar-refractivity contribution in [3.05, 3.63) is 92.7 Å². The number of thiazole rings is 1. The van der Waals surface area contributed by atoms with E-state index in [1.54, 1.807) is 22.7 Å². The first-order valence-electron chi connectivity index (χ1n) is 11.9. The second-order valence-corrected chi connectivity index (χ2v) is 10.6. The number of imidazole rings is 1. The lowest BCUT2D eigenvalue weighted by Crippen LogP contribution is -1.99. The van der Waals surface area contributed by atoms with Crippen molar-refractivity contribution in [3.63, 3.8) is 0 Å². The molecule has 6 rings (SSSR count). The third kappa shape index (κ3) is 4.01. The zero-order valence-corrected chi connectivity index (χ0v) is 21.0. The van der Waals surface area contributed by atoms with E-state index in [9.17, 15) is 0 Å². The second kappa shape index (κ2) is 8.93. The number of hydrogen-bond acceptors (Lipinski definition) is 5. The predicted octanol–water partition coefficient (Wildman–Crippen LogP) is 6.92. The molecule has 170 valence electrons. The smallest absolute Gasteiger partial charge is 0.212 e. The molecule has 0 bridgehead atoms. The Labute approximate surface area is 207 Å². The molecule has 0 spiro atoms. The number of aromatic nitrogens is 4. The van der Waals surface area contributed by atoms with E-state index >= 15 is 0 Å². The lowest BCUT2D eigenvalue weighted by molar-refractivity contribution is 0.909. The van der Waals surface area contributed by atoms with Crippen molar-refractivity contribution in [1.29, 1.82) is 0 Å². The van der Waals surface area contributed by atoms with Crippen LogP contribution in [0.5, 0.6) is 0 Å². The average Bonchev–Trinajstić information content (AvgIpc) is 3.65. The van der Waals surface area contributed by atoms with Gasteiger partial charge in [0.25, 0.3) is 0 Å². The molecule has 3 aromatic heterocycles. The minimum absolute atomic E-state index is 0.941. The first-order chi connectivity index (χ1) is 16.7. The Morgan fingerprint density at radius 2 is 1.88 bits per heavy atom. The summed E-state index contributed by atoms with van der Waals surface area (Å²) in [5.74, 6) is 0. The molecule has 0 fully saturated rings. The van der Waals surface area contributed by atoms with Crippen molar-refractivity contribution in [2.45, 2.75) is 46.0 Å². The van der Waals surface area contributed by atoms with E-state index in [1.165, 1.54) is 39.1 Å². The van der Waals surface area contributed by atoms with E-state index in [1.807, 2.05) is 10.6 Å². The maximum absolute atomic E-state index is 4.91. The van der Waals surface area contributed by atoms with E-state index in [0.717, 1.165) is 52.8 Å². The first kappa shape index (κ1) is 21.4. The Morgan fingerprint density at radius 3 is 2.68 bits per heavy atom. The standard InChI is InChI=1S/C28H26N4S2/c1-3-18-12-20(10-11-23-17-33-27(29-23)19-8-6-5-7-9-19)24-15-22(14-21(24)13-18)25-16-32-28(30-25)34-26(4-2)31-32/h5-9,12-13,15-17H,3-4,10-11,14H2,1-2H3. The molecule has 0 aliphatic heterocycles. The van der Waals surface area contributed by atoms with Gasteiger partial charge in [0.15, 0.2) is 0 Å². The summed E-state index contributed by atoms with van der Waals surface area (Å²) in [6, 6.07) is 15.2. The van der Waals surface area contributed by atoms with Crippen LogP contribution < -0.4 is 0 Å². The summed E-state index contributed by atoms with van der Waals surface area (Å²) in [5, 5.41) is 9.09. The lowest BCUT2D eigenvalue weighted by Gasteiger charge is -2.10. The Bertz CT molecular complexity index is 1470. The SMILES string of the molecule is CCc1cc(CCc2csc(-c3ccccc3)n2)c2c(c1)CC(c1cn3nc(CC)sc3n1)=C2. The first-order valence-corrected chi connectivity index (χ1v) is 13.6. The van der Waals surface area contributed by atoms with Crippen molar-refractivity contribution in [2.24, 2.45) is 0 Å². The Balaban J connectivity index is 1.26. The maximum Gasteiger partial charge on any atom is 0.212 e. The maximum atomic E-state index is 4.91. The van der Waals surface area contributed by atoms with Gasteiger partial charge in [-0.25, -0.2) is 14.5 Å². The largest absolute Gasteiger partial charge is 0.241 e. The van der Waals surface area contributed by atoms with Crippen LogP contribution in [0.25, 0.3) is 27.2 Å². The molecular weight excluding hydrogens is 456 g/mol. The minimum Gasteiger partial charge on any atom is -0.241 e. The van der Waals surface area contributed by atoms with Gasteiger partial charge < -0.3 is 0 Å². The third-order valence-electron chi connectivity index (χ3n) is 6.46. The molecule has 0 saturated carbocycles. The van der Waals surface area contributed by atoms with E-state index in [-0.39, 0.29) is 0 Å². The molecule has 5 aromatic rings. The van der Waals surface area contributed by atoms with Crippen LogP contribution in [0.1, 0.15) is 52.5 Å². The zero-order valence-electron chi connectivity index (χ0n) is 19.4. The van der Waals surface area contributed by atoms with E-state index in [2.05, 4.69) is 73.0 Å². The van der Waals surface area contributed by atoms with Crippen molar-refractivity contribution >= 4 is 39.3 Å². The number of hydrogen-bond donors (Lipinski definition) is 0. The van der Waals surface area contributed by atoms with Gasteiger partial charge in [-0.3, -0.25) is 0 Å². The molecule has 4 nitrogen and oxygen atoms in total. The quantitative estimate of drug-likeness (QED) is 0.253. The van der Waals surface area contributed by atoms with Gasteiger partial charge in [-0.05, 0) is 59.6 Å². The van der Waals surface area contributed by atoms with Crippen LogP contribution in [0, 0.1) is 0 Å². The number of fused-ring (bicyclic) bond motifs is 2. The highest BCUT2D eigenvalue weighted by molar-refractivity contribution is 7.16. The summed E-state index contributed by atoms with van der Waals surface area (Å²) in [4.78, 5) is 10.8. The fourth-order valence-corrected chi connectivity index (χ4v) is 6.30. The van der Waals surface area contributed by atoms with Crippen LogP contribution in [0.4, 0.5) is 0 Å². The van der Waals surface area contributed by atoms with Crippen molar-refractivity contribution in [3.8, 4) is 10.6 Å². The Hall–Kier alpha value is -3.09. The van der Waals surface area contributed by atoms with E-state index < -0.39 is 0 Å². The van der Waals surface area contributed by atoms with Gasteiger partial charge in [0, 0.05) is 17.4 Å². The fourth-order valence-electron chi connectivity index (χ4n) is 4.63. The van der Waals surface area contributed by atoms with Crippen molar-refractivity contribution in [1.82, 2.24) is 19.6 Å². The minimum atomic E-state index is 0.941. The summed E-state index contributed by atoms with van der Waals surface area (Å²) in [7, 11) is 0. The van der Waals surface area contributed by atoms with Crippen LogP contribution in [-0.4, -0.2) is 19.6 Å². The van der Waals surface area contributed by atoms with Crippen LogP contribution in [-0.2, 0) is 32.1 Å². The highest BCUT2D eigenvalue weighted by atomic mass is 32.1. The van der Waals surface area contributed by atoms with Gasteiger partial charge in [-0.15, -0.1) is 11.3 Å². The van der Waals surface area contributed by atoms with Crippen LogP contribution in [0.2, 0.25) is 0 Å². The summed E-state index contributed by atoms with van der Waals surface area (Å²) < 4.78 is 1.94. The number of allylic oxidation sites excluding steroid dienone is 1. The predicted molar refractivity (Wildman–Crippen MR) is 143 cm³/mol. The van der Waals surface area contributed by atoms with E-state index in [0.29, 0.717) is 0 Å². The molecule has 1 aliphatic rings. The average molecular weight is 483 g/mol. The normalized spacial score (nSPS) is 12.9. The number of benzene rings is 2. The van der Waals surface area contributed by atoms with Crippen molar-refractivity contribution < 1.29 is 0 Å². The fraction of sp³-hybridized carbons (Fsp3) is 0.250. The van der Waals surface area contributed by atoms with Gasteiger partial charge >= 0.3 is 0 Å². The van der Waals surface area contributed by atoms with E-state index in [4.69, 9.17) is 9.97 Å². The lowest BCUT2D eigenvalue weighted by atomic mass is 9.95. The monoisotopic (exact) mass is 482 g/mol. The topological polar surface area (TPSA) is 43.1 Å². The van der Waals surface area contributed by atoms with Crippen LogP contribution in [0.15, 0.2) is 54.0 Å². The molecule has 0 N–H and O–H groups in total. The molecule has 0 saturated heterocycles. The van der Waals surface area contributed by atoms with Gasteiger partial charge in [-0.2, -0.15) is 5.10 Å². The summed E-state index contributed by atoms with van der Waals surface area (Å²) in [6.45, 7) is 4.37. The molecule has 0 amide bonds. The second-order valence-electron chi connectivity index (χ2n) is 8.74. The molecule has 0 radical (unpaired) electrons. The molecule has 1 aliphatic carbocycles. The summed E-state index contributed by atoms with van der Waals surface area (Å²) >= 11 is 3.42. The third-order valence-corrected chi connectivity index (χ3v) is 8.47. The molecule has 0 unspecified atom stereocenters. The number of nitrogens with zero attached hydrogens (tertiary/aromatic N) is 4.